The minimum atomic E-state index is 0.00326. The van der Waals surface area contributed by atoms with Crippen molar-refractivity contribution < 1.29 is 9.21 Å². The minimum Gasteiger partial charge on any atom is -0.441 e. The largest absolute Gasteiger partial charge is 0.441 e. The number of hydrogen-bond acceptors (Lipinski definition) is 4. The molecule has 2 aromatic heterocycles. The normalized spacial score (nSPS) is 10.5. The smallest absolute Gasteiger partial charge is 0.220 e. The van der Waals surface area contributed by atoms with Crippen molar-refractivity contribution in [1.29, 1.82) is 0 Å². The number of carbonyl (C=O) groups is 1. The highest BCUT2D eigenvalue weighted by atomic mass is 16.4. The van der Waals surface area contributed by atoms with Gasteiger partial charge in [0.25, 0.3) is 0 Å². The molecule has 122 valence electrons. The number of oxazole rings is 1. The van der Waals surface area contributed by atoms with E-state index in [4.69, 9.17) is 4.42 Å². The molecule has 1 amide bonds. The molecule has 0 unspecified atom stereocenters. The van der Waals surface area contributed by atoms with Gasteiger partial charge in [-0.1, -0.05) is 30.3 Å². The lowest BCUT2D eigenvalue weighted by Gasteiger charge is -2.04. The monoisotopic (exact) mass is 321 g/mol. The summed E-state index contributed by atoms with van der Waals surface area (Å²) in [6.45, 7) is 0.615. The van der Waals surface area contributed by atoms with E-state index in [1.165, 1.54) is 0 Å². The van der Waals surface area contributed by atoms with Crippen molar-refractivity contribution >= 4 is 5.91 Å². The van der Waals surface area contributed by atoms with Crippen LogP contribution in [0.4, 0.5) is 0 Å². The van der Waals surface area contributed by atoms with Crippen LogP contribution in [0.3, 0.4) is 0 Å². The molecule has 0 aliphatic carbocycles. The fraction of sp³-hybridized carbons (Fsp3) is 0.211. The van der Waals surface area contributed by atoms with Crippen molar-refractivity contribution in [3.05, 3.63) is 72.5 Å². The van der Waals surface area contributed by atoms with Crippen LogP contribution in [0.2, 0.25) is 0 Å². The highest BCUT2D eigenvalue weighted by molar-refractivity contribution is 5.76. The third kappa shape index (κ3) is 4.52. The van der Waals surface area contributed by atoms with Crippen LogP contribution < -0.4 is 5.32 Å². The summed E-state index contributed by atoms with van der Waals surface area (Å²) in [5, 5.41) is 2.91. The van der Waals surface area contributed by atoms with Gasteiger partial charge in [-0.15, -0.1) is 0 Å². The molecule has 1 aromatic carbocycles. The lowest BCUT2D eigenvalue weighted by Crippen LogP contribution is -2.25. The van der Waals surface area contributed by atoms with Crippen molar-refractivity contribution in [1.82, 2.24) is 15.3 Å². The van der Waals surface area contributed by atoms with Crippen LogP contribution in [-0.2, 0) is 17.6 Å². The second kappa shape index (κ2) is 8.06. The maximum atomic E-state index is 11.9. The average molecular weight is 321 g/mol. The zero-order chi connectivity index (χ0) is 16.6. The Morgan fingerprint density at radius 1 is 1.04 bits per heavy atom. The number of hydrogen-bond donors (Lipinski definition) is 1. The first-order valence-corrected chi connectivity index (χ1v) is 7.97. The fourth-order valence-electron chi connectivity index (χ4n) is 2.37. The van der Waals surface area contributed by atoms with Gasteiger partial charge in [0.2, 0.25) is 5.91 Å². The lowest BCUT2D eigenvalue weighted by atomic mass is 10.2. The van der Waals surface area contributed by atoms with Gasteiger partial charge in [0.1, 0.15) is 0 Å². The molecule has 0 saturated heterocycles. The third-order valence-corrected chi connectivity index (χ3v) is 3.66. The molecule has 24 heavy (non-hydrogen) atoms. The van der Waals surface area contributed by atoms with Crippen LogP contribution in [0.1, 0.15) is 17.9 Å². The maximum absolute atomic E-state index is 11.9. The van der Waals surface area contributed by atoms with Gasteiger partial charge in [0, 0.05) is 37.3 Å². The van der Waals surface area contributed by atoms with Crippen LogP contribution in [0.15, 0.2) is 65.5 Å². The molecule has 0 aliphatic rings. The molecule has 0 saturated carbocycles. The standard InChI is InChI=1S/C19H19N3O2/c23-18(21-13-10-15-8-11-20-12-9-15)6-7-19-22-14-17(24-19)16-4-2-1-3-5-16/h1-5,8-9,11-12,14H,6-7,10,13H2,(H,21,23). The Morgan fingerprint density at radius 3 is 2.62 bits per heavy atom. The van der Waals surface area contributed by atoms with E-state index < -0.39 is 0 Å². The van der Waals surface area contributed by atoms with Crippen molar-refractivity contribution in [3.8, 4) is 11.3 Å². The first kappa shape index (κ1) is 15.9. The van der Waals surface area contributed by atoms with Gasteiger partial charge < -0.3 is 9.73 Å². The number of aryl methyl sites for hydroxylation is 1. The predicted molar refractivity (Wildman–Crippen MR) is 91.2 cm³/mol. The van der Waals surface area contributed by atoms with Gasteiger partial charge >= 0.3 is 0 Å². The van der Waals surface area contributed by atoms with E-state index in [9.17, 15) is 4.79 Å². The van der Waals surface area contributed by atoms with Crippen LogP contribution in [0.5, 0.6) is 0 Å². The Hall–Kier alpha value is -2.95. The first-order chi connectivity index (χ1) is 11.8. The molecule has 5 heteroatoms. The molecule has 0 fully saturated rings. The van der Waals surface area contributed by atoms with Gasteiger partial charge in [-0.2, -0.15) is 0 Å². The van der Waals surface area contributed by atoms with Gasteiger partial charge in [0.15, 0.2) is 11.7 Å². The number of aromatic nitrogens is 2. The summed E-state index contributed by atoms with van der Waals surface area (Å²) in [6, 6.07) is 13.7. The van der Waals surface area contributed by atoms with Crippen molar-refractivity contribution in [3.63, 3.8) is 0 Å². The third-order valence-electron chi connectivity index (χ3n) is 3.66. The Labute approximate surface area is 140 Å². The van der Waals surface area contributed by atoms with Crippen LogP contribution in [0, 0.1) is 0 Å². The van der Waals surface area contributed by atoms with E-state index in [1.807, 2.05) is 42.5 Å². The number of amides is 1. The molecular weight excluding hydrogens is 302 g/mol. The van der Waals surface area contributed by atoms with Gasteiger partial charge in [-0.25, -0.2) is 4.98 Å². The highest BCUT2D eigenvalue weighted by Gasteiger charge is 2.08. The summed E-state index contributed by atoms with van der Waals surface area (Å²) in [7, 11) is 0. The Kier molecular flexibility index (Phi) is 5.35. The summed E-state index contributed by atoms with van der Waals surface area (Å²) in [4.78, 5) is 20.1. The molecule has 3 rings (SSSR count). The first-order valence-electron chi connectivity index (χ1n) is 7.97. The fourth-order valence-corrected chi connectivity index (χ4v) is 2.37. The van der Waals surface area contributed by atoms with Gasteiger partial charge in [-0.05, 0) is 24.1 Å². The molecule has 5 nitrogen and oxygen atoms in total. The lowest BCUT2D eigenvalue weighted by molar-refractivity contribution is -0.121. The average Bonchev–Trinajstić information content (AvgIpc) is 3.11. The van der Waals surface area contributed by atoms with Crippen LogP contribution in [-0.4, -0.2) is 22.4 Å². The summed E-state index contributed by atoms with van der Waals surface area (Å²) < 4.78 is 5.70. The summed E-state index contributed by atoms with van der Waals surface area (Å²) >= 11 is 0. The molecule has 3 aromatic rings. The van der Waals surface area contributed by atoms with E-state index in [1.54, 1.807) is 18.6 Å². The molecular formula is C19H19N3O2. The predicted octanol–water partition coefficient (Wildman–Crippen LogP) is 3.03. The van der Waals surface area contributed by atoms with E-state index >= 15 is 0 Å². The van der Waals surface area contributed by atoms with Crippen LogP contribution >= 0.6 is 0 Å². The second-order valence-electron chi connectivity index (χ2n) is 5.44. The SMILES string of the molecule is O=C(CCc1ncc(-c2ccccc2)o1)NCCc1ccncc1. The molecule has 0 bridgehead atoms. The number of nitrogens with one attached hydrogen (secondary N) is 1. The zero-order valence-corrected chi connectivity index (χ0v) is 13.3. The van der Waals surface area contributed by atoms with E-state index in [0.29, 0.717) is 25.3 Å². The maximum Gasteiger partial charge on any atom is 0.220 e. The number of nitrogens with zero attached hydrogens (tertiary/aromatic N) is 2. The van der Waals surface area contributed by atoms with Crippen molar-refractivity contribution in [2.24, 2.45) is 0 Å². The number of rotatable bonds is 7. The summed E-state index contributed by atoms with van der Waals surface area (Å²) in [5.74, 6) is 1.31. The quantitative estimate of drug-likeness (QED) is 0.726. The highest BCUT2D eigenvalue weighted by Crippen LogP contribution is 2.20. The van der Waals surface area contributed by atoms with E-state index in [-0.39, 0.29) is 5.91 Å². The van der Waals surface area contributed by atoms with Gasteiger partial charge in [0.05, 0.1) is 6.20 Å². The Morgan fingerprint density at radius 2 is 1.83 bits per heavy atom. The molecule has 0 aliphatic heterocycles. The molecule has 1 N–H and O–H groups in total. The summed E-state index contributed by atoms with van der Waals surface area (Å²) in [5.41, 5.74) is 2.14. The van der Waals surface area contributed by atoms with Gasteiger partial charge in [-0.3, -0.25) is 9.78 Å². The second-order valence-corrected chi connectivity index (χ2v) is 5.44. The van der Waals surface area contributed by atoms with Crippen molar-refractivity contribution in [2.75, 3.05) is 6.54 Å². The Balaban J connectivity index is 1.42. The summed E-state index contributed by atoms with van der Waals surface area (Å²) in [6.07, 6.45) is 6.87. The topological polar surface area (TPSA) is 68.0 Å². The Bertz CT molecular complexity index is 770. The number of benzene rings is 1. The molecule has 0 spiro atoms. The molecule has 0 radical (unpaired) electrons. The van der Waals surface area contributed by atoms with Crippen LogP contribution in [0.25, 0.3) is 11.3 Å². The van der Waals surface area contributed by atoms with E-state index in [2.05, 4.69) is 15.3 Å². The molecule has 0 atom stereocenters. The zero-order valence-electron chi connectivity index (χ0n) is 13.3. The molecule has 2 heterocycles. The van der Waals surface area contributed by atoms with Crippen molar-refractivity contribution in [2.45, 2.75) is 19.3 Å². The number of pyridine rings is 1. The minimum absolute atomic E-state index is 0.00326. The van der Waals surface area contributed by atoms with E-state index in [0.717, 1.165) is 23.3 Å². The number of carbonyl (C=O) groups excluding carboxylic acids is 1.